The van der Waals surface area contributed by atoms with Crippen molar-refractivity contribution in [2.75, 3.05) is 19.0 Å². The average molecular weight is 349 g/mol. The molecule has 0 aliphatic carbocycles. The molecule has 2 aromatic rings. The van der Waals surface area contributed by atoms with Gasteiger partial charge in [0.25, 0.3) is 0 Å². The van der Waals surface area contributed by atoms with Crippen LogP contribution in [0.5, 0.6) is 0 Å². The number of hydrogen-bond acceptors (Lipinski definition) is 5. The number of benzene rings is 2. The topological polar surface area (TPSA) is 98.4 Å². The highest BCUT2D eigenvalue weighted by atomic mass is 15.1. The third-order valence-corrected chi connectivity index (χ3v) is 3.93. The van der Waals surface area contributed by atoms with Crippen LogP contribution in [0.2, 0.25) is 0 Å². The fraction of sp³-hybridized carbons (Fsp3) is 0.0909. The lowest BCUT2D eigenvalue weighted by Gasteiger charge is -2.13. The van der Waals surface area contributed by atoms with E-state index in [0.717, 1.165) is 16.5 Å². The number of allylic oxidation sites excluding steroid dienone is 2. The summed E-state index contributed by atoms with van der Waals surface area (Å²) in [7, 11) is 3.89. The molecule has 0 bridgehead atoms. The van der Waals surface area contributed by atoms with Gasteiger partial charge in [0, 0.05) is 25.0 Å². The standard InChI is InChI=1S/C22H15N5/c1-27(2)21-9-7-19(8-10-21)22(11-16(12-23)13-24)18-5-3-17(4-6-18)20(14-25)15-26/h3-11H,1-2H3. The molecule has 5 heteroatoms. The van der Waals surface area contributed by atoms with Crippen LogP contribution >= 0.6 is 0 Å². The van der Waals surface area contributed by atoms with Crippen molar-refractivity contribution < 1.29 is 0 Å². The van der Waals surface area contributed by atoms with Gasteiger partial charge >= 0.3 is 0 Å². The van der Waals surface area contributed by atoms with Gasteiger partial charge < -0.3 is 4.90 Å². The minimum atomic E-state index is -0.00735. The number of rotatable bonds is 3. The van der Waals surface area contributed by atoms with Crippen molar-refractivity contribution >= 4 is 16.8 Å². The van der Waals surface area contributed by atoms with Gasteiger partial charge in [0.2, 0.25) is 0 Å². The maximum Gasteiger partial charge on any atom is 0.136 e. The Kier molecular flexibility index (Phi) is 6.11. The zero-order valence-corrected chi connectivity index (χ0v) is 14.9. The maximum absolute atomic E-state index is 9.13. The molecule has 0 aliphatic rings. The molecule has 2 aromatic carbocycles. The molecule has 0 aliphatic heterocycles. The van der Waals surface area contributed by atoms with Crippen molar-refractivity contribution in [2.24, 2.45) is 0 Å². The van der Waals surface area contributed by atoms with E-state index in [1.165, 1.54) is 0 Å². The molecule has 0 saturated heterocycles. The van der Waals surface area contributed by atoms with Crippen molar-refractivity contribution in [3.8, 4) is 24.3 Å². The highest BCUT2D eigenvalue weighted by molar-refractivity contribution is 5.77. The average Bonchev–Trinajstić information content (AvgIpc) is 2.71. The van der Waals surface area contributed by atoms with Crippen molar-refractivity contribution in [3.63, 3.8) is 0 Å². The van der Waals surface area contributed by atoms with E-state index >= 15 is 0 Å². The molecule has 5 nitrogen and oxygen atoms in total. The fourth-order valence-corrected chi connectivity index (χ4v) is 2.48. The molecule has 0 atom stereocenters. The Labute approximate surface area is 157 Å². The molecular weight excluding hydrogens is 334 g/mol. The number of hydrogen-bond donors (Lipinski definition) is 0. The van der Waals surface area contributed by atoms with E-state index in [-0.39, 0.29) is 11.1 Å². The number of anilines is 1. The van der Waals surface area contributed by atoms with Crippen LogP contribution in [0.1, 0.15) is 5.56 Å². The third-order valence-electron chi connectivity index (χ3n) is 3.93. The summed E-state index contributed by atoms with van der Waals surface area (Å²) in [6.07, 6.45) is 1.54. The molecule has 0 spiro atoms. The first-order chi connectivity index (χ1) is 13.0. The Morgan fingerprint density at radius 2 is 1.26 bits per heavy atom. The van der Waals surface area contributed by atoms with Crippen molar-refractivity contribution in [1.82, 2.24) is 0 Å². The Morgan fingerprint density at radius 3 is 1.70 bits per heavy atom. The van der Waals surface area contributed by atoms with Crippen molar-refractivity contribution in [1.29, 1.82) is 21.0 Å². The molecule has 128 valence electrons. The summed E-state index contributed by atoms with van der Waals surface area (Å²) in [6, 6.07) is 22.1. The summed E-state index contributed by atoms with van der Waals surface area (Å²) >= 11 is 0. The Bertz CT molecular complexity index is 1120. The second-order valence-corrected chi connectivity index (χ2v) is 5.81. The van der Waals surface area contributed by atoms with Crippen LogP contribution < -0.4 is 15.3 Å². The molecule has 0 unspecified atom stereocenters. The minimum Gasteiger partial charge on any atom is -0.378 e. The van der Waals surface area contributed by atoms with Crippen LogP contribution in [-0.2, 0) is 0 Å². The van der Waals surface area contributed by atoms with Crippen molar-refractivity contribution in [2.45, 2.75) is 0 Å². The van der Waals surface area contributed by atoms with E-state index in [1.54, 1.807) is 30.3 Å². The van der Waals surface area contributed by atoms with Gasteiger partial charge in [-0.3, -0.25) is 0 Å². The van der Waals surface area contributed by atoms with Gasteiger partial charge in [-0.1, -0.05) is 36.4 Å². The molecule has 0 radical (unpaired) electrons. The van der Waals surface area contributed by atoms with Crippen LogP contribution in [-0.4, -0.2) is 14.1 Å². The highest BCUT2D eigenvalue weighted by Crippen LogP contribution is 2.19. The molecular formula is C22H15N5. The van der Waals surface area contributed by atoms with E-state index in [4.69, 9.17) is 21.0 Å². The van der Waals surface area contributed by atoms with Gasteiger partial charge in [0.15, 0.2) is 0 Å². The monoisotopic (exact) mass is 349 g/mol. The van der Waals surface area contributed by atoms with Gasteiger partial charge in [-0.15, -0.1) is 0 Å². The maximum atomic E-state index is 9.13. The summed E-state index contributed by atoms with van der Waals surface area (Å²) in [5.41, 5.74) is 2.61. The predicted molar refractivity (Wildman–Crippen MR) is 103 cm³/mol. The quantitative estimate of drug-likeness (QED) is 0.791. The predicted octanol–water partition coefficient (Wildman–Crippen LogP) is 2.12. The van der Waals surface area contributed by atoms with Crippen LogP contribution in [0, 0.1) is 45.3 Å². The van der Waals surface area contributed by atoms with E-state index in [2.05, 4.69) is 0 Å². The van der Waals surface area contributed by atoms with E-state index in [0.29, 0.717) is 10.8 Å². The molecule has 0 fully saturated rings. The van der Waals surface area contributed by atoms with Crippen LogP contribution in [0.15, 0.2) is 60.2 Å². The van der Waals surface area contributed by atoms with Gasteiger partial charge in [0.05, 0.1) is 0 Å². The van der Waals surface area contributed by atoms with Gasteiger partial charge in [-0.05, 0) is 34.6 Å². The first kappa shape index (κ1) is 19.0. The largest absolute Gasteiger partial charge is 0.378 e. The molecule has 0 saturated carbocycles. The van der Waals surface area contributed by atoms with Crippen LogP contribution in [0.3, 0.4) is 0 Å². The highest BCUT2D eigenvalue weighted by Gasteiger charge is 2.05. The van der Waals surface area contributed by atoms with Gasteiger partial charge in [0.1, 0.15) is 35.4 Å². The summed E-state index contributed by atoms with van der Waals surface area (Å²) < 4.78 is 0. The zero-order chi connectivity index (χ0) is 19.8. The summed E-state index contributed by atoms with van der Waals surface area (Å²) in [4.78, 5) is 1.98. The first-order valence-electron chi connectivity index (χ1n) is 7.98. The molecule has 0 amide bonds. The normalized spacial score (nSPS) is 8.96. The van der Waals surface area contributed by atoms with E-state index < -0.39 is 0 Å². The minimum absolute atomic E-state index is 0.00735. The molecule has 0 heterocycles. The van der Waals surface area contributed by atoms with E-state index in [1.807, 2.05) is 67.5 Å². The van der Waals surface area contributed by atoms with Gasteiger partial charge in [-0.25, -0.2) is 0 Å². The zero-order valence-electron chi connectivity index (χ0n) is 14.9. The van der Waals surface area contributed by atoms with Crippen LogP contribution in [0.25, 0.3) is 11.1 Å². The van der Waals surface area contributed by atoms with Crippen molar-refractivity contribution in [3.05, 3.63) is 76.2 Å². The second-order valence-electron chi connectivity index (χ2n) is 5.81. The lowest BCUT2D eigenvalue weighted by Crippen LogP contribution is -2.12. The molecule has 27 heavy (non-hydrogen) atoms. The smallest absolute Gasteiger partial charge is 0.136 e. The Morgan fingerprint density at radius 1 is 0.741 bits per heavy atom. The first-order valence-corrected chi connectivity index (χ1v) is 7.98. The summed E-state index contributed by atoms with van der Waals surface area (Å²) in [5.74, 6) is 0. The summed E-state index contributed by atoms with van der Waals surface area (Å²) in [5, 5.41) is 37.5. The van der Waals surface area contributed by atoms with Gasteiger partial charge in [-0.2, -0.15) is 21.0 Å². The second kappa shape index (κ2) is 8.68. The van der Waals surface area contributed by atoms with E-state index in [9.17, 15) is 0 Å². The molecule has 0 N–H and O–H groups in total. The summed E-state index contributed by atoms with van der Waals surface area (Å²) in [6.45, 7) is 0. The third kappa shape index (κ3) is 4.40. The number of nitriles is 4. The molecule has 0 aromatic heterocycles. The SMILES string of the molecule is CN(C)c1ccc(C(C=C(C#N)C#N)=c2ccc(=C(C#N)C#N)cc2)cc1. The van der Waals surface area contributed by atoms with Crippen LogP contribution in [0.4, 0.5) is 5.69 Å². The molecule has 2 rings (SSSR count). The number of nitrogens with zero attached hydrogens (tertiary/aromatic N) is 5. The Hall–Kier alpha value is -4.32. The lowest BCUT2D eigenvalue weighted by atomic mass is 9.99. The fourth-order valence-electron chi connectivity index (χ4n) is 2.48. The Balaban J connectivity index is 2.77. The lowest BCUT2D eigenvalue weighted by molar-refractivity contribution is 1.13.